The summed E-state index contributed by atoms with van der Waals surface area (Å²) >= 11 is 0. The highest BCUT2D eigenvalue weighted by Gasteiger charge is 2.36. The molecule has 2 aromatic heterocycles. The Morgan fingerprint density at radius 3 is 3.06 bits per heavy atom. The van der Waals surface area contributed by atoms with Crippen molar-refractivity contribution < 1.29 is 9.90 Å². The number of carbonyl (C=O) groups is 1. The summed E-state index contributed by atoms with van der Waals surface area (Å²) < 4.78 is 1.78. The molecule has 0 unspecified atom stereocenters. The Hall–Kier alpha value is -2.18. The largest absolute Gasteiger partial charge is 0.481 e. The van der Waals surface area contributed by atoms with Gasteiger partial charge in [0.2, 0.25) is 5.65 Å². The summed E-state index contributed by atoms with van der Waals surface area (Å²) in [6, 6.07) is 0. The van der Waals surface area contributed by atoms with Crippen LogP contribution in [0.3, 0.4) is 0 Å². The minimum absolute atomic E-state index is 0.104. The maximum atomic E-state index is 11.1. The zero-order chi connectivity index (χ0) is 12.7. The maximum absolute atomic E-state index is 11.1. The van der Waals surface area contributed by atoms with Crippen LogP contribution in [0.25, 0.3) is 5.65 Å². The average Bonchev–Trinajstić information content (AvgIpc) is 2.94. The fourth-order valence-electron chi connectivity index (χ4n) is 2.43. The van der Waals surface area contributed by atoms with E-state index in [-0.39, 0.29) is 11.8 Å². The van der Waals surface area contributed by atoms with Crippen molar-refractivity contribution in [3.8, 4) is 0 Å². The first kappa shape index (κ1) is 10.9. The number of anilines is 1. The lowest BCUT2D eigenvalue weighted by Gasteiger charge is -2.16. The zero-order valence-corrected chi connectivity index (χ0v) is 9.89. The van der Waals surface area contributed by atoms with Gasteiger partial charge in [-0.2, -0.15) is 0 Å². The van der Waals surface area contributed by atoms with Gasteiger partial charge in [-0.15, -0.1) is 10.2 Å². The second kappa shape index (κ2) is 3.94. The van der Waals surface area contributed by atoms with Crippen molar-refractivity contribution in [1.29, 1.82) is 0 Å². The molecule has 0 spiro atoms. The highest BCUT2D eigenvalue weighted by Crippen LogP contribution is 2.28. The van der Waals surface area contributed by atoms with E-state index in [2.05, 4.69) is 15.2 Å². The number of rotatable bonds is 2. The van der Waals surface area contributed by atoms with E-state index in [0.29, 0.717) is 24.6 Å². The Morgan fingerprint density at radius 1 is 1.50 bits per heavy atom. The molecule has 94 valence electrons. The van der Waals surface area contributed by atoms with Gasteiger partial charge >= 0.3 is 5.97 Å². The molecule has 3 heterocycles. The standard InChI is InChI=1S/C11H13N5O2/c1-7-4-16(5-8(7)11(17)18)9-10-14-13-6-15(10)3-2-12-9/h2-3,6-8H,4-5H2,1H3,(H,17,18)/t7-,8-/m1/s1. The van der Waals surface area contributed by atoms with Crippen LogP contribution in [-0.2, 0) is 4.79 Å². The van der Waals surface area contributed by atoms with Crippen LogP contribution in [0.15, 0.2) is 18.7 Å². The molecule has 1 aliphatic heterocycles. The maximum Gasteiger partial charge on any atom is 0.308 e. The van der Waals surface area contributed by atoms with Crippen LogP contribution in [0.4, 0.5) is 5.82 Å². The third kappa shape index (κ3) is 1.59. The Bertz CT molecular complexity index is 596. The smallest absolute Gasteiger partial charge is 0.308 e. The van der Waals surface area contributed by atoms with Gasteiger partial charge in [-0.1, -0.05) is 6.92 Å². The van der Waals surface area contributed by atoms with Crippen LogP contribution in [0, 0.1) is 11.8 Å². The SMILES string of the molecule is C[C@@H]1CN(c2nccn3cnnc23)C[C@H]1C(=O)O. The minimum Gasteiger partial charge on any atom is -0.481 e. The van der Waals surface area contributed by atoms with E-state index in [1.54, 1.807) is 23.1 Å². The Balaban J connectivity index is 1.97. The summed E-state index contributed by atoms with van der Waals surface area (Å²) in [6.45, 7) is 3.09. The van der Waals surface area contributed by atoms with Crippen LogP contribution in [-0.4, -0.2) is 43.7 Å². The quantitative estimate of drug-likeness (QED) is 0.820. The van der Waals surface area contributed by atoms with Crippen molar-refractivity contribution in [3.63, 3.8) is 0 Å². The van der Waals surface area contributed by atoms with Gasteiger partial charge in [-0.25, -0.2) is 4.98 Å². The van der Waals surface area contributed by atoms with Crippen molar-refractivity contribution in [2.75, 3.05) is 18.0 Å². The molecule has 7 nitrogen and oxygen atoms in total. The number of hydrogen-bond acceptors (Lipinski definition) is 5. The third-order valence-electron chi connectivity index (χ3n) is 3.43. The van der Waals surface area contributed by atoms with Crippen LogP contribution in [0.2, 0.25) is 0 Å². The number of aliphatic carboxylic acids is 1. The molecule has 1 N–H and O–H groups in total. The molecule has 18 heavy (non-hydrogen) atoms. The van der Waals surface area contributed by atoms with Crippen molar-refractivity contribution in [3.05, 3.63) is 18.7 Å². The first-order chi connectivity index (χ1) is 8.66. The van der Waals surface area contributed by atoms with E-state index >= 15 is 0 Å². The van der Waals surface area contributed by atoms with Crippen molar-refractivity contribution >= 4 is 17.4 Å². The lowest BCUT2D eigenvalue weighted by Crippen LogP contribution is -2.24. The monoisotopic (exact) mass is 247 g/mol. The fraction of sp³-hybridized carbons (Fsp3) is 0.455. The van der Waals surface area contributed by atoms with Gasteiger partial charge in [0.1, 0.15) is 6.33 Å². The summed E-state index contributed by atoms with van der Waals surface area (Å²) in [5.74, 6) is -0.300. The molecular weight excluding hydrogens is 234 g/mol. The summed E-state index contributed by atoms with van der Waals surface area (Å²) in [5, 5.41) is 17.0. The third-order valence-corrected chi connectivity index (χ3v) is 3.43. The second-order valence-electron chi connectivity index (χ2n) is 4.64. The van der Waals surface area contributed by atoms with E-state index in [1.807, 2.05) is 11.8 Å². The highest BCUT2D eigenvalue weighted by molar-refractivity contribution is 5.73. The Morgan fingerprint density at radius 2 is 2.33 bits per heavy atom. The molecule has 0 bridgehead atoms. The predicted molar refractivity (Wildman–Crippen MR) is 63.3 cm³/mol. The summed E-state index contributed by atoms with van der Waals surface area (Å²) in [6.07, 6.45) is 5.05. The number of fused-ring (bicyclic) bond motifs is 1. The number of hydrogen-bond donors (Lipinski definition) is 1. The molecule has 0 saturated carbocycles. The second-order valence-corrected chi connectivity index (χ2v) is 4.64. The Kier molecular flexibility index (Phi) is 2.39. The molecule has 1 fully saturated rings. The Labute approximate surface area is 103 Å². The van der Waals surface area contributed by atoms with Crippen molar-refractivity contribution in [2.24, 2.45) is 11.8 Å². The first-order valence-electron chi connectivity index (χ1n) is 5.79. The summed E-state index contributed by atoms with van der Waals surface area (Å²) in [7, 11) is 0. The lowest BCUT2D eigenvalue weighted by molar-refractivity contribution is -0.142. The van der Waals surface area contributed by atoms with Gasteiger partial charge in [0.05, 0.1) is 5.92 Å². The van der Waals surface area contributed by atoms with E-state index in [9.17, 15) is 4.79 Å². The van der Waals surface area contributed by atoms with E-state index in [0.717, 1.165) is 0 Å². The van der Waals surface area contributed by atoms with E-state index in [1.165, 1.54) is 0 Å². The van der Waals surface area contributed by atoms with Crippen LogP contribution in [0.5, 0.6) is 0 Å². The van der Waals surface area contributed by atoms with Gasteiger partial charge < -0.3 is 10.0 Å². The van der Waals surface area contributed by atoms with E-state index in [4.69, 9.17) is 5.11 Å². The molecule has 7 heteroatoms. The van der Waals surface area contributed by atoms with Gasteiger partial charge in [0, 0.05) is 25.5 Å². The zero-order valence-electron chi connectivity index (χ0n) is 9.89. The van der Waals surface area contributed by atoms with Gasteiger partial charge in [-0.3, -0.25) is 9.20 Å². The van der Waals surface area contributed by atoms with E-state index < -0.39 is 5.97 Å². The molecule has 2 aromatic rings. The molecule has 3 rings (SSSR count). The minimum atomic E-state index is -0.751. The first-order valence-corrected chi connectivity index (χ1v) is 5.79. The van der Waals surface area contributed by atoms with Crippen molar-refractivity contribution in [2.45, 2.75) is 6.92 Å². The molecule has 2 atom stereocenters. The molecule has 1 saturated heterocycles. The normalized spacial score (nSPS) is 23.7. The highest BCUT2D eigenvalue weighted by atomic mass is 16.4. The topological polar surface area (TPSA) is 83.6 Å². The number of carboxylic acids is 1. The molecule has 0 aromatic carbocycles. The van der Waals surface area contributed by atoms with Gasteiger partial charge in [0.15, 0.2) is 5.82 Å². The number of aromatic nitrogens is 4. The average molecular weight is 247 g/mol. The van der Waals surface area contributed by atoms with Gasteiger partial charge in [-0.05, 0) is 5.92 Å². The van der Waals surface area contributed by atoms with Crippen LogP contribution in [0.1, 0.15) is 6.92 Å². The summed E-state index contributed by atoms with van der Waals surface area (Å²) in [4.78, 5) is 17.4. The van der Waals surface area contributed by atoms with Crippen molar-refractivity contribution in [1.82, 2.24) is 19.6 Å². The van der Waals surface area contributed by atoms with Crippen LogP contribution < -0.4 is 4.90 Å². The predicted octanol–water partition coefficient (Wildman–Crippen LogP) is 0.281. The fourth-order valence-corrected chi connectivity index (χ4v) is 2.43. The molecular formula is C11H13N5O2. The van der Waals surface area contributed by atoms with Crippen LogP contribution >= 0.6 is 0 Å². The summed E-state index contributed by atoms with van der Waals surface area (Å²) in [5.41, 5.74) is 0.663. The number of nitrogens with zero attached hydrogens (tertiary/aromatic N) is 5. The molecule has 0 amide bonds. The van der Waals surface area contributed by atoms with Gasteiger partial charge in [0.25, 0.3) is 0 Å². The number of carboxylic acid groups (broad SMARTS) is 1. The molecule has 0 aliphatic carbocycles. The molecule has 0 radical (unpaired) electrons. The lowest BCUT2D eigenvalue weighted by atomic mass is 9.99. The molecule has 1 aliphatic rings.